The normalized spacial score (nSPS) is 23.4. The molecule has 1 aliphatic heterocycles. The summed E-state index contributed by atoms with van der Waals surface area (Å²) in [6.45, 7) is 11.1. The van der Waals surface area contributed by atoms with E-state index >= 15 is 0 Å². The van der Waals surface area contributed by atoms with E-state index in [4.69, 9.17) is 0 Å². The van der Waals surface area contributed by atoms with Gasteiger partial charge in [-0.25, -0.2) is 0 Å². The van der Waals surface area contributed by atoms with Gasteiger partial charge in [-0.1, -0.05) is 0 Å². The Morgan fingerprint density at radius 3 is 2.74 bits per heavy atom. The van der Waals surface area contributed by atoms with E-state index in [1.165, 1.54) is 19.5 Å². The number of likely N-dealkylation sites (N-methyl/N-ethyl adjacent to an activating group) is 1. The third kappa shape index (κ3) is 3.15. The van der Waals surface area contributed by atoms with Gasteiger partial charge in [-0.2, -0.15) is 0 Å². The van der Waals surface area contributed by atoms with E-state index in [2.05, 4.69) is 52.5 Å². The molecule has 5 nitrogen and oxygen atoms in total. The van der Waals surface area contributed by atoms with Crippen LogP contribution in [0, 0.1) is 12.8 Å². The van der Waals surface area contributed by atoms with Gasteiger partial charge in [0.1, 0.15) is 12.2 Å². The average Bonchev–Trinajstić information content (AvgIpc) is 2.85. The summed E-state index contributed by atoms with van der Waals surface area (Å²) in [7, 11) is 4.45. The van der Waals surface area contributed by atoms with Crippen molar-refractivity contribution in [2.45, 2.75) is 39.3 Å². The minimum Gasteiger partial charge on any atom is -0.317 e. The van der Waals surface area contributed by atoms with Crippen molar-refractivity contribution < 1.29 is 0 Å². The summed E-state index contributed by atoms with van der Waals surface area (Å²) in [6.07, 6.45) is 3.12. The number of likely N-dealkylation sites (tertiary alicyclic amines) is 1. The van der Waals surface area contributed by atoms with E-state index in [1.54, 1.807) is 0 Å². The maximum atomic E-state index is 4.02. The number of aryl methyl sites for hydroxylation is 1. The summed E-state index contributed by atoms with van der Waals surface area (Å²) in [5.74, 6) is 1.75. The molecule has 1 fully saturated rings. The van der Waals surface area contributed by atoms with Crippen molar-refractivity contribution in [1.29, 1.82) is 0 Å². The van der Waals surface area contributed by atoms with Crippen molar-refractivity contribution in [3.05, 3.63) is 12.2 Å². The molecule has 0 aliphatic carbocycles. The number of nitrogens with zero attached hydrogens (tertiary/aromatic N) is 5. The second kappa shape index (κ2) is 5.59. The highest BCUT2D eigenvalue weighted by Gasteiger charge is 2.39. The molecule has 1 unspecified atom stereocenters. The molecular formula is C14H27N5. The van der Waals surface area contributed by atoms with Crippen LogP contribution in [0.4, 0.5) is 0 Å². The maximum absolute atomic E-state index is 4.02. The summed E-state index contributed by atoms with van der Waals surface area (Å²) in [5.41, 5.74) is 0.320. The Kier molecular flexibility index (Phi) is 4.26. The molecule has 1 aliphatic rings. The molecule has 1 saturated heterocycles. The largest absolute Gasteiger partial charge is 0.317 e. The third-order valence-corrected chi connectivity index (χ3v) is 4.86. The van der Waals surface area contributed by atoms with Crippen LogP contribution >= 0.6 is 0 Å². The van der Waals surface area contributed by atoms with E-state index in [0.29, 0.717) is 5.54 Å². The van der Waals surface area contributed by atoms with E-state index in [-0.39, 0.29) is 0 Å². The summed E-state index contributed by atoms with van der Waals surface area (Å²) in [6, 6.07) is 0. The van der Waals surface area contributed by atoms with Crippen molar-refractivity contribution in [3.8, 4) is 0 Å². The molecule has 0 amide bonds. The summed E-state index contributed by atoms with van der Waals surface area (Å²) in [5, 5.41) is 7.94. The molecular weight excluding hydrogens is 238 g/mol. The molecule has 0 saturated carbocycles. The SMILES string of the molecule is Cc1nncn1CCN(C)CC1CCN(C)C1(C)C. The van der Waals surface area contributed by atoms with Gasteiger partial charge in [0.05, 0.1) is 0 Å². The fraction of sp³-hybridized carbons (Fsp3) is 0.857. The maximum Gasteiger partial charge on any atom is 0.129 e. The van der Waals surface area contributed by atoms with Crippen molar-refractivity contribution >= 4 is 0 Å². The van der Waals surface area contributed by atoms with Crippen molar-refractivity contribution in [3.63, 3.8) is 0 Å². The molecule has 0 bridgehead atoms. The predicted octanol–water partition coefficient (Wildman–Crippen LogP) is 1.25. The molecule has 1 aromatic heterocycles. The van der Waals surface area contributed by atoms with Crippen LogP contribution in [0.1, 0.15) is 26.1 Å². The second-order valence-electron chi connectivity index (χ2n) is 6.39. The zero-order valence-corrected chi connectivity index (χ0v) is 12.9. The number of rotatable bonds is 5. The van der Waals surface area contributed by atoms with Gasteiger partial charge >= 0.3 is 0 Å². The lowest BCUT2D eigenvalue weighted by Crippen LogP contribution is -2.44. The highest BCUT2D eigenvalue weighted by atomic mass is 15.3. The van der Waals surface area contributed by atoms with Gasteiger partial charge in [0.15, 0.2) is 0 Å². The van der Waals surface area contributed by atoms with Crippen LogP contribution in [-0.4, -0.2) is 63.8 Å². The second-order valence-corrected chi connectivity index (χ2v) is 6.39. The van der Waals surface area contributed by atoms with E-state index in [9.17, 15) is 0 Å². The van der Waals surface area contributed by atoms with E-state index in [1.807, 2.05) is 13.3 Å². The van der Waals surface area contributed by atoms with Crippen LogP contribution in [0.5, 0.6) is 0 Å². The lowest BCUT2D eigenvalue weighted by molar-refractivity contribution is 0.141. The first-order chi connectivity index (χ1) is 8.91. The number of hydrogen-bond acceptors (Lipinski definition) is 4. The Morgan fingerprint density at radius 1 is 1.47 bits per heavy atom. The van der Waals surface area contributed by atoms with Gasteiger partial charge in [-0.3, -0.25) is 0 Å². The standard InChI is InChI=1S/C14H27N5/c1-12-16-15-11-19(12)9-8-17(4)10-13-6-7-18(5)14(13,2)3/h11,13H,6-10H2,1-5H3. The van der Waals surface area contributed by atoms with Crippen LogP contribution in [-0.2, 0) is 6.54 Å². The first kappa shape index (κ1) is 14.5. The topological polar surface area (TPSA) is 37.2 Å². The Morgan fingerprint density at radius 2 is 2.21 bits per heavy atom. The van der Waals surface area contributed by atoms with Crippen LogP contribution in [0.15, 0.2) is 6.33 Å². The molecule has 2 heterocycles. The molecule has 19 heavy (non-hydrogen) atoms. The molecule has 2 rings (SSSR count). The quantitative estimate of drug-likeness (QED) is 0.803. The first-order valence-corrected chi connectivity index (χ1v) is 7.15. The van der Waals surface area contributed by atoms with Crippen molar-refractivity contribution in [1.82, 2.24) is 24.6 Å². The highest BCUT2D eigenvalue weighted by molar-refractivity contribution is 4.94. The van der Waals surface area contributed by atoms with E-state index < -0.39 is 0 Å². The lowest BCUT2D eigenvalue weighted by atomic mass is 9.88. The Hall–Kier alpha value is -0.940. The van der Waals surface area contributed by atoms with Gasteiger partial charge in [0.25, 0.3) is 0 Å². The fourth-order valence-electron chi connectivity index (χ4n) is 2.90. The molecule has 5 heteroatoms. The molecule has 0 aromatic carbocycles. The zero-order chi connectivity index (χ0) is 14.0. The predicted molar refractivity (Wildman–Crippen MR) is 77.1 cm³/mol. The molecule has 1 atom stereocenters. The first-order valence-electron chi connectivity index (χ1n) is 7.15. The van der Waals surface area contributed by atoms with Crippen LogP contribution in [0.2, 0.25) is 0 Å². The Bertz CT molecular complexity index is 412. The van der Waals surface area contributed by atoms with Crippen molar-refractivity contribution in [2.24, 2.45) is 5.92 Å². The Labute approximate surface area is 116 Å². The molecule has 0 N–H and O–H groups in total. The number of aromatic nitrogens is 3. The van der Waals surface area contributed by atoms with Gasteiger partial charge in [-0.15, -0.1) is 10.2 Å². The Balaban J connectivity index is 1.82. The summed E-state index contributed by atoms with van der Waals surface area (Å²) in [4.78, 5) is 4.92. The zero-order valence-electron chi connectivity index (χ0n) is 12.9. The van der Waals surface area contributed by atoms with Gasteiger partial charge in [0, 0.05) is 25.2 Å². The average molecular weight is 265 g/mol. The van der Waals surface area contributed by atoms with E-state index in [0.717, 1.165) is 24.8 Å². The monoisotopic (exact) mass is 265 g/mol. The van der Waals surface area contributed by atoms with Gasteiger partial charge < -0.3 is 14.4 Å². The lowest BCUT2D eigenvalue weighted by Gasteiger charge is -2.35. The molecule has 108 valence electrons. The van der Waals surface area contributed by atoms with Crippen molar-refractivity contribution in [2.75, 3.05) is 33.7 Å². The summed E-state index contributed by atoms with van der Waals surface area (Å²) < 4.78 is 2.11. The smallest absolute Gasteiger partial charge is 0.129 e. The molecule has 0 radical (unpaired) electrons. The van der Waals surface area contributed by atoms with Crippen LogP contribution < -0.4 is 0 Å². The molecule has 1 aromatic rings. The minimum atomic E-state index is 0.320. The summed E-state index contributed by atoms with van der Waals surface area (Å²) >= 11 is 0. The van der Waals surface area contributed by atoms with Crippen LogP contribution in [0.3, 0.4) is 0 Å². The number of hydrogen-bond donors (Lipinski definition) is 0. The fourth-order valence-corrected chi connectivity index (χ4v) is 2.90. The third-order valence-electron chi connectivity index (χ3n) is 4.86. The van der Waals surface area contributed by atoms with Gasteiger partial charge in [-0.05, 0) is 53.8 Å². The molecule has 0 spiro atoms. The minimum absolute atomic E-state index is 0.320. The highest BCUT2D eigenvalue weighted by Crippen LogP contribution is 2.33. The van der Waals surface area contributed by atoms with Crippen LogP contribution in [0.25, 0.3) is 0 Å². The van der Waals surface area contributed by atoms with Gasteiger partial charge in [0.2, 0.25) is 0 Å².